The van der Waals surface area contributed by atoms with E-state index < -0.39 is 60.3 Å². The van der Waals surface area contributed by atoms with Gasteiger partial charge in [-0.1, -0.05) is 121 Å². The van der Waals surface area contributed by atoms with Crippen LogP contribution >= 0.6 is 0 Å². The van der Waals surface area contributed by atoms with Crippen LogP contribution in [0.4, 0.5) is 5.82 Å². The van der Waals surface area contributed by atoms with Gasteiger partial charge in [-0.15, -0.1) is 0 Å². The summed E-state index contributed by atoms with van der Waals surface area (Å²) >= 11 is 0. The van der Waals surface area contributed by atoms with E-state index >= 15 is 0 Å². The maximum absolute atomic E-state index is 10.8. The number of hydrogen-bond acceptors (Lipinski definition) is 13. The SMILES string of the molecule is CC1(C)O[C@H]2[C@@H](O1)[C@](C#N)(c1ccc3c(N[C@H]4O[C@H](COCc5ccccc5)[C@@H](OCc5ccccc5)[C@H](OCc5ccccc5)[C@@H]4OCc4ccccc4)ncnn13)O[C@@H]2CO. The first-order valence-electron chi connectivity index (χ1n) is 21.2. The maximum atomic E-state index is 10.8. The molecule has 14 nitrogen and oxygen atoms in total. The highest BCUT2D eigenvalue weighted by Crippen LogP contribution is 2.49. The summed E-state index contributed by atoms with van der Waals surface area (Å²) in [4.78, 5) is 4.70. The van der Waals surface area contributed by atoms with Gasteiger partial charge < -0.3 is 48.3 Å². The molecule has 0 unspecified atom stereocenters. The largest absolute Gasteiger partial charge is 0.394 e. The molecular weight excluding hydrogens is 803 g/mol. The number of hydrogen-bond donors (Lipinski definition) is 2. The third-order valence-electron chi connectivity index (χ3n) is 11.6. The molecule has 3 aliphatic rings. The smallest absolute Gasteiger partial charge is 0.226 e. The number of nitriles is 1. The average Bonchev–Trinajstić information content (AvgIpc) is 3.99. The van der Waals surface area contributed by atoms with Crippen LogP contribution in [0, 0.1) is 11.3 Å². The summed E-state index contributed by atoms with van der Waals surface area (Å²) in [7, 11) is 0. The molecule has 3 saturated heterocycles. The first-order chi connectivity index (χ1) is 30.8. The van der Waals surface area contributed by atoms with Crippen LogP contribution in [-0.2, 0) is 69.9 Å². The second kappa shape index (κ2) is 19.0. The Bertz CT molecular complexity index is 2440. The number of benzene rings is 4. The van der Waals surface area contributed by atoms with Crippen molar-refractivity contribution in [1.29, 1.82) is 5.26 Å². The molecule has 4 aromatic carbocycles. The molecule has 0 saturated carbocycles. The molecule has 0 amide bonds. The first kappa shape index (κ1) is 42.7. The molecule has 14 heteroatoms. The Morgan fingerprint density at radius 2 is 1.24 bits per heavy atom. The number of nitrogens with one attached hydrogen (secondary N) is 1. The third-order valence-corrected chi connectivity index (χ3v) is 11.6. The molecule has 3 aliphatic heterocycles. The quantitative estimate of drug-likeness (QED) is 0.103. The van der Waals surface area contributed by atoms with Gasteiger partial charge in [-0.05, 0) is 48.2 Å². The summed E-state index contributed by atoms with van der Waals surface area (Å²) in [6, 6.07) is 45.8. The van der Waals surface area contributed by atoms with Crippen molar-refractivity contribution in [2.24, 2.45) is 0 Å². The number of ether oxygens (including phenoxy) is 8. The van der Waals surface area contributed by atoms with Gasteiger partial charge in [-0.3, -0.25) is 0 Å². The zero-order valence-corrected chi connectivity index (χ0v) is 35.1. The van der Waals surface area contributed by atoms with Crippen LogP contribution in [0.3, 0.4) is 0 Å². The maximum Gasteiger partial charge on any atom is 0.226 e. The fraction of sp³-hybridized carbons (Fsp3) is 0.367. The van der Waals surface area contributed by atoms with Crippen LogP contribution < -0.4 is 5.32 Å². The molecule has 0 bridgehead atoms. The molecule has 63 heavy (non-hydrogen) atoms. The molecule has 9 atom stereocenters. The van der Waals surface area contributed by atoms with Crippen LogP contribution in [0.1, 0.15) is 41.8 Å². The van der Waals surface area contributed by atoms with Crippen LogP contribution in [0.5, 0.6) is 0 Å². The third kappa shape index (κ3) is 9.25. The predicted molar refractivity (Wildman–Crippen MR) is 230 cm³/mol. The van der Waals surface area contributed by atoms with Crippen molar-refractivity contribution >= 4 is 11.3 Å². The Morgan fingerprint density at radius 1 is 0.683 bits per heavy atom. The normalized spacial score (nSPS) is 27.5. The number of aliphatic hydroxyl groups is 1. The van der Waals surface area contributed by atoms with Gasteiger partial charge in [-0.2, -0.15) is 10.4 Å². The number of aromatic nitrogens is 3. The lowest BCUT2D eigenvalue weighted by Gasteiger charge is -2.46. The van der Waals surface area contributed by atoms with Gasteiger partial charge in [0, 0.05) is 0 Å². The molecule has 9 rings (SSSR count). The molecule has 0 aliphatic carbocycles. The molecule has 3 fully saturated rings. The molecule has 6 aromatic rings. The Kier molecular flexibility index (Phi) is 12.9. The van der Waals surface area contributed by atoms with E-state index in [9.17, 15) is 10.4 Å². The molecule has 5 heterocycles. The first-order valence-corrected chi connectivity index (χ1v) is 21.2. The molecule has 2 N–H and O–H groups in total. The Balaban J connectivity index is 1.08. The number of fused-ring (bicyclic) bond motifs is 2. The number of nitrogens with zero attached hydrogens (tertiary/aromatic N) is 4. The lowest BCUT2D eigenvalue weighted by Crippen LogP contribution is -2.63. The summed E-state index contributed by atoms with van der Waals surface area (Å²) in [5.41, 5.74) is 3.23. The lowest BCUT2D eigenvalue weighted by atomic mass is 9.92. The van der Waals surface area contributed by atoms with E-state index in [0.717, 1.165) is 22.3 Å². The van der Waals surface area contributed by atoms with Crippen LogP contribution in [0.25, 0.3) is 5.52 Å². The van der Waals surface area contributed by atoms with Gasteiger partial charge in [-0.25, -0.2) is 9.50 Å². The van der Waals surface area contributed by atoms with Crippen molar-refractivity contribution in [1.82, 2.24) is 14.6 Å². The van der Waals surface area contributed by atoms with Gasteiger partial charge >= 0.3 is 0 Å². The highest BCUT2D eigenvalue weighted by molar-refractivity contribution is 5.69. The van der Waals surface area contributed by atoms with E-state index in [1.807, 2.05) is 121 Å². The minimum absolute atomic E-state index is 0.173. The van der Waals surface area contributed by atoms with Crippen molar-refractivity contribution in [3.8, 4) is 6.07 Å². The summed E-state index contributed by atoms with van der Waals surface area (Å²) in [6.07, 6.45) is -4.52. The Labute approximate surface area is 366 Å². The van der Waals surface area contributed by atoms with E-state index in [0.29, 0.717) is 30.2 Å². The monoisotopic (exact) mass is 853 g/mol. The van der Waals surface area contributed by atoms with Crippen LogP contribution in [0.15, 0.2) is 140 Å². The molecule has 0 radical (unpaired) electrons. The summed E-state index contributed by atoms with van der Waals surface area (Å²) in [5.74, 6) is -0.603. The van der Waals surface area contributed by atoms with Crippen molar-refractivity contribution in [2.75, 3.05) is 18.5 Å². The van der Waals surface area contributed by atoms with Gasteiger partial charge in [0.1, 0.15) is 60.6 Å². The zero-order valence-electron chi connectivity index (χ0n) is 35.1. The van der Waals surface area contributed by atoms with Gasteiger partial charge in [0.25, 0.3) is 0 Å². The van der Waals surface area contributed by atoms with Crippen LogP contribution in [-0.4, -0.2) is 87.7 Å². The lowest BCUT2D eigenvalue weighted by molar-refractivity contribution is -0.267. The van der Waals surface area contributed by atoms with E-state index in [-0.39, 0.29) is 26.4 Å². The molecular formula is C49H51N5O9. The van der Waals surface area contributed by atoms with Crippen molar-refractivity contribution in [2.45, 2.75) is 101 Å². The zero-order chi connectivity index (χ0) is 43.2. The Morgan fingerprint density at radius 3 is 1.81 bits per heavy atom. The molecule has 0 spiro atoms. The minimum Gasteiger partial charge on any atom is -0.394 e. The van der Waals surface area contributed by atoms with Crippen molar-refractivity contribution in [3.63, 3.8) is 0 Å². The fourth-order valence-corrected chi connectivity index (χ4v) is 8.61. The fourth-order valence-electron chi connectivity index (χ4n) is 8.61. The molecule has 2 aromatic heterocycles. The van der Waals surface area contributed by atoms with Crippen molar-refractivity contribution in [3.05, 3.63) is 168 Å². The van der Waals surface area contributed by atoms with Crippen LogP contribution in [0.2, 0.25) is 0 Å². The average molecular weight is 854 g/mol. The second-order valence-electron chi connectivity index (χ2n) is 16.4. The van der Waals surface area contributed by atoms with Crippen molar-refractivity contribution < 1.29 is 43.0 Å². The number of rotatable bonds is 17. The Hall–Kier alpha value is -5.57. The summed E-state index contributed by atoms with van der Waals surface area (Å²) in [5, 5.41) is 29.3. The second-order valence-corrected chi connectivity index (χ2v) is 16.4. The minimum atomic E-state index is -1.66. The highest BCUT2D eigenvalue weighted by atomic mass is 16.8. The van der Waals surface area contributed by atoms with Gasteiger partial charge in [0.05, 0.1) is 45.3 Å². The highest BCUT2D eigenvalue weighted by Gasteiger charge is 2.65. The summed E-state index contributed by atoms with van der Waals surface area (Å²) < 4.78 is 54.4. The predicted octanol–water partition coefficient (Wildman–Crippen LogP) is 6.47. The number of aliphatic hydroxyl groups excluding tert-OH is 1. The topological polar surface area (TPSA) is 160 Å². The van der Waals surface area contributed by atoms with E-state index in [1.54, 1.807) is 30.5 Å². The standard InChI is InChI=1S/C49H51N5O9/c1-48(2)62-42-38(25-55)61-49(31-50,45(42)63-48)40-24-23-37-46(51-32-52-54(37)40)53-47-44(59-29-36-21-13-6-14-22-36)43(58-28-35-19-11-5-12-20-35)41(57-27-34-17-9-4-10-18-34)39(60-47)30-56-26-33-15-7-3-8-16-33/h3-24,32,38-39,41-45,47,55H,25-30H2,1-2H3,(H,51,52,53)/t38-,39-,41-,42-,43+,44+,45-,47+,49+/m1/s1. The van der Waals surface area contributed by atoms with E-state index in [4.69, 9.17) is 42.9 Å². The van der Waals surface area contributed by atoms with Gasteiger partial charge in [0.15, 0.2) is 17.8 Å². The van der Waals surface area contributed by atoms with E-state index in [1.165, 1.54) is 6.33 Å². The molecule has 326 valence electrons. The summed E-state index contributed by atoms with van der Waals surface area (Å²) in [6.45, 7) is 4.55. The van der Waals surface area contributed by atoms with E-state index in [2.05, 4.69) is 16.5 Å². The number of anilines is 1. The van der Waals surface area contributed by atoms with Gasteiger partial charge in [0.2, 0.25) is 5.60 Å².